The molecule has 2 unspecified atom stereocenters. The summed E-state index contributed by atoms with van der Waals surface area (Å²) in [7, 11) is 0. The summed E-state index contributed by atoms with van der Waals surface area (Å²) in [4.78, 5) is 19.3. The fourth-order valence-corrected chi connectivity index (χ4v) is 5.98. The lowest BCUT2D eigenvalue weighted by Gasteiger charge is -2.58. The van der Waals surface area contributed by atoms with E-state index in [1.165, 1.54) is 0 Å². The van der Waals surface area contributed by atoms with Gasteiger partial charge in [0.1, 0.15) is 22.4 Å². The fourth-order valence-electron chi connectivity index (χ4n) is 5.32. The molecule has 1 spiro atoms. The SMILES string of the molecule is CCOC1(Cc2cncs2)C(C)(C)Oc2ccccc2C12C(=O)Nc1ccccc12. The van der Waals surface area contributed by atoms with Crippen LogP contribution in [0.25, 0.3) is 0 Å². The van der Waals surface area contributed by atoms with Crippen LogP contribution in [0.5, 0.6) is 5.75 Å². The molecule has 2 aliphatic heterocycles. The largest absolute Gasteiger partial charge is 0.484 e. The number of para-hydroxylation sites is 2. The van der Waals surface area contributed by atoms with Gasteiger partial charge in [0.2, 0.25) is 5.91 Å². The van der Waals surface area contributed by atoms with E-state index in [-0.39, 0.29) is 5.91 Å². The van der Waals surface area contributed by atoms with Gasteiger partial charge in [-0.15, -0.1) is 11.3 Å². The first-order chi connectivity index (χ1) is 14.5. The minimum Gasteiger partial charge on any atom is -0.484 e. The molecule has 1 aromatic heterocycles. The van der Waals surface area contributed by atoms with Crippen LogP contribution >= 0.6 is 11.3 Å². The number of nitrogens with zero attached hydrogens (tertiary/aromatic N) is 1. The van der Waals surface area contributed by atoms with Gasteiger partial charge in [0.05, 0.1) is 5.51 Å². The molecular formula is C24H24N2O3S. The molecule has 2 atom stereocenters. The summed E-state index contributed by atoms with van der Waals surface area (Å²) in [6.07, 6.45) is 2.36. The number of carbonyl (C=O) groups excluding carboxylic acids is 1. The number of rotatable bonds is 4. The zero-order chi connectivity index (χ0) is 21.0. The first kappa shape index (κ1) is 19.3. The normalized spacial score (nSPS) is 26.0. The van der Waals surface area contributed by atoms with Crippen molar-refractivity contribution in [3.63, 3.8) is 0 Å². The Morgan fingerprint density at radius 3 is 2.57 bits per heavy atom. The van der Waals surface area contributed by atoms with Crippen molar-refractivity contribution < 1.29 is 14.3 Å². The van der Waals surface area contributed by atoms with E-state index in [2.05, 4.69) is 10.3 Å². The first-order valence-corrected chi connectivity index (χ1v) is 11.0. The second-order valence-corrected chi connectivity index (χ2v) is 9.23. The molecule has 1 N–H and O–H groups in total. The van der Waals surface area contributed by atoms with E-state index in [9.17, 15) is 4.79 Å². The number of hydrogen-bond acceptors (Lipinski definition) is 5. The maximum Gasteiger partial charge on any atom is 0.242 e. The van der Waals surface area contributed by atoms with Crippen molar-refractivity contribution in [2.45, 2.75) is 43.8 Å². The molecule has 0 fully saturated rings. The van der Waals surface area contributed by atoms with Gasteiger partial charge in [-0.05, 0) is 38.5 Å². The Morgan fingerprint density at radius 2 is 1.83 bits per heavy atom. The van der Waals surface area contributed by atoms with Crippen LogP contribution in [0, 0.1) is 0 Å². The third kappa shape index (κ3) is 2.32. The third-order valence-corrected chi connectivity index (χ3v) is 7.23. The number of anilines is 1. The van der Waals surface area contributed by atoms with E-state index >= 15 is 0 Å². The number of nitrogens with one attached hydrogen (secondary N) is 1. The molecule has 3 aromatic rings. The number of aromatic nitrogens is 1. The average molecular weight is 421 g/mol. The summed E-state index contributed by atoms with van der Waals surface area (Å²) in [6, 6.07) is 15.7. The van der Waals surface area contributed by atoms with Gasteiger partial charge in [0, 0.05) is 35.4 Å². The number of carbonyl (C=O) groups is 1. The summed E-state index contributed by atoms with van der Waals surface area (Å²) in [5.74, 6) is 0.638. The van der Waals surface area contributed by atoms with E-state index in [1.807, 2.05) is 81.0 Å². The van der Waals surface area contributed by atoms with E-state index in [4.69, 9.17) is 9.47 Å². The van der Waals surface area contributed by atoms with Gasteiger partial charge in [-0.25, -0.2) is 0 Å². The summed E-state index contributed by atoms with van der Waals surface area (Å²) >= 11 is 1.57. The lowest BCUT2D eigenvalue weighted by atomic mass is 9.55. The molecule has 30 heavy (non-hydrogen) atoms. The third-order valence-electron chi connectivity index (χ3n) is 6.45. The zero-order valence-corrected chi connectivity index (χ0v) is 18.1. The maximum atomic E-state index is 14.0. The van der Waals surface area contributed by atoms with Crippen LogP contribution in [-0.4, -0.2) is 28.7 Å². The Morgan fingerprint density at radius 1 is 1.10 bits per heavy atom. The monoisotopic (exact) mass is 420 g/mol. The van der Waals surface area contributed by atoms with E-state index in [1.54, 1.807) is 11.3 Å². The van der Waals surface area contributed by atoms with Gasteiger partial charge in [-0.1, -0.05) is 36.4 Å². The van der Waals surface area contributed by atoms with Crippen molar-refractivity contribution in [3.05, 3.63) is 76.2 Å². The Bertz CT molecular complexity index is 1110. The van der Waals surface area contributed by atoms with Gasteiger partial charge in [-0.3, -0.25) is 9.78 Å². The smallest absolute Gasteiger partial charge is 0.242 e. The molecular weight excluding hydrogens is 396 g/mol. The molecule has 0 saturated carbocycles. The fraction of sp³-hybridized carbons (Fsp3) is 0.333. The first-order valence-electron chi connectivity index (χ1n) is 10.2. The molecule has 3 heterocycles. The maximum absolute atomic E-state index is 14.0. The van der Waals surface area contributed by atoms with Crippen molar-refractivity contribution in [1.29, 1.82) is 0 Å². The van der Waals surface area contributed by atoms with Gasteiger partial charge < -0.3 is 14.8 Å². The molecule has 0 aliphatic carbocycles. The highest BCUT2D eigenvalue weighted by Gasteiger charge is 2.72. The molecule has 0 radical (unpaired) electrons. The highest BCUT2D eigenvalue weighted by molar-refractivity contribution is 7.09. The van der Waals surface area contributed by atoms with Crippen LogP contribution < -0.4 is 10.1 Å². The van der Waals surface area contributed by atoms with E-state index < -0.39 is 16.6 Å². The molecule has 2 aromatic carbocycles. The Hall–Kier alpha value is -2.70. The standard InChI is InChI=1S/C24H24N2O3S/c1-4-28-23(13-16-14-25-15-30-16)22(2,3)29-20-12-8-6-10-18(20)24(23)17-9-5-7-11-19(17)26-21(24)27/h5-12,14-15H,4,13H2,1-3H3,(H,26,27). The minimum absolute atomic E-state index is 0.0782. The van der Waals surface area contributed by atoms with Crippen molar-refractivity contribution in [3.8, 4) is 5.75 Å². The van der Waals surface area contributed by atoms with E-state index in [0.717, 1.165) is 21.7 Å². The van der Waals surface area contributed by atoms with Gasteiger partial charge >= 0.3 is 0 Å². The second kappa shape index (κ2) is 6.65. The predicted molar refractivity (Wildman–Crippen MR) is 117 cm³/mol. The number of benzene rings is 2. The highest BCUT2D eigenvalue weighted by Crippen LogP contribution is 2.61. The van der Waals surface area contributed by atoms with Crippen LogP contribution in [0.3, 0.4) is 0 Å². The lowest BCUT2D eigenvalue weighted by molar-refractivity contribution is -0.198. The van der Waals surface area contributed by atoms with Crippen molar-refractivity contribution >= 4 is 22.9 Å². The lowest BCUT2D eigenvalue weighted by Crippen LogP contribution is -2.73. The molecule has 0 bridgehead atoms. The van der Waals surface area contributed by atoms with Crippen LogP contribution in [0.1, 0.15) is 36.8 Å². The second-order valence-electron chi connectivity index (χ2n) is 8.26. The number of ether oxygens (including phenoxy) is 2. The summed E-state index contributed by atoms with van der Waals surface area (Å²) < 4.78 is 13.2. The Kier molecular flexibility index (Phi) is 4.27. The van der Waals surface area contributed by atoms with Crippen LogP contribution in [0.4, 0.5) is 5.69 Å². The van der Waals surface area contributed by atoms with Crippen LogP contribution in [0.2, 0.25) is 0 Å². The predicted octanol–water partition coefficient (Wildman–Crippen LogP) is 4.57. The molecule has 5 nitrogen and oxygen atoms in total. The highest BCUT2D eigenvalue weighted by atomic mass is 32.1. The molecule has 5 rings (SSSR count). The number of hydrogen-bond donors (Lipinski definition) is 1. The van der Waals surface area contributed by atoms with Crippen molar-refractivity contribution in [1.82, 2.24) is 4.98 Å². The van der Waals surface area contributed by atoms with Gasteiger partial charge in [0.25, 0.3) is 0 Å². The van der Waals surface area contributed by atoms with Gasteiger partial charge in [-0.2, -0.15) is 0 Å². The molecule has 6 heteroatoms. The molecule has 0 saturated heterocycles. The van der Waals surface area contributed by atoms with Crippen LogP contribution in [-0.2, 0) is 21.4 Å². The Labute approximate surface area is 180 Å². The van der Waals surface area contributed by atoms with Gasteiger partial charge in [0.15, 0.2) is 0 Å². The summed E-state index contributed by atoms with van der Waals surface area (Å²) in [5, 5.41) is 3.14. The quantitative estimate of drug-likeness (QED) is 0.672. The van der Waals surface area contributed by atoms with Crippen molar-refractivity contribution in [2.24, 2.45) is 0 Å². The number of thiazole rings is 1. The Balaban J connectivity index is 1.91. The average Bonchev–Trinajstić information content (AvgIpc) is 3.32. The van der Waals surface area contributed by atoms with Crippen molar-refractivity contribution in [2.75, 3.05) is 11.9 Å². The summed E-state index contributed by atoms with van der Waals surface area (Å²) in [6.45, 7) is 6.47. The molecule has 154 valence electrons. The zero-order valence-electron chi connectivity index (χ0n) is 17.3. The number of amides is 1. The van der Waals surface area contributed by atoms with Crippen LogP contribution in [0.15, 0.2) is 60.2 Å². The summed E-state index contributed by atoms with van der Waals surface area (Å²) in [5.41, 5.74) is 1.57. The molecule has 2 aliphatic rings. The minimum atomic E-state index is -1.05. The molecule has 1 amide bonds. The number of fused-ring (bicyclic) bond motifs is 4. The topological polar surface area (TPSA) is 60.5 Å². The van der Waals surface area contributed by atoms with E-state index in [0.29, 0.717) is 18.8 Å².